The summed E-state index contributed by atoms with van der Waals surface area (Å²) >= 11 is 0. The van der Waals surface area contributed by atoms with E-state index in [0.717, 1.165) is 31.0 Å². The monoisotopic (exact) mass is 229 g/mol. The Kier molecular flexibility index (Phi) is 2.65. The Morgan fingerprint density at radius 3 is 3.06 bits per heavy atom. The normalized spacial score (nSPS) is 17.6. The molecule has 2 aromatic rings. The summed E-state index contributed by atoms with van der Waals surface area (Å²) in [4.78, 5) is 4.44. The Morgan fingerprint density at radius 2 is 2.24 bits per heavy atom. The van der Waals surface area contributed by atoms with E-state index in [2.05, 4.69) is 34.4 Å². The summed E-state index contributed by atoms with van der Waals surface area (Å²) in [7, 11) is 0. The Hall–Kier alpha value is -1.68. The first-order chi connectivity index (χ1) is 8.38. The molecule has 1 unspecified atom stereocenters. The maximum atomic E-state index is 5.46. The Balaban J connectivity index is 1.76. The molecule has 0 saturated carbocycles. The van der Waals surface area contributed by atoms with Crippen LogP contribution in [0.3, 0.4) is 0 Å². The molecule has 17 heavy (non-hydrogen) atoms. The first-order valence-corrected chi connectivity index (χ1v) is 5.99. The molecule has 4 heteroatoms. The van der Waals surface area contributed by atoms with Crippen LogP contribution in [0.2, 0.25) is 0 Å². The first-order valence-electron chi connectivity index (χ1n) is 5.99. The lowest BCUT2D eigenvalue weighted by Gasteiger charge is -2.26. The lowest BCUT2D eigenvalue weighted by Crippen LogP contribution is -2.18. The summed E-state index contributed by atoms with van der Waals surface area (Å²) in [6, 6.07) is 8.40. The summed E-state index contributed by atoms with van der Waals surface area (Å²) in [5, 5.41) is 3.99. The second-order valence-electron chi connectivity index (χ2n) is 4.40. The lowest BCUT2D eigenvalue weighted by atomic mass is 9.77. The minimum atomic E-state index is 0.297. The summed E-state index contributed by atoms with van der Waals surface area (Å²) in [5.74, 6) is 1.82. The first kappa shape index (κ1) is 10.5. The van der Waals surface area contributed by atoms with Gasteiger partial charge in [0.1, 0.15) is 0 Å². The highest BCUT2D eigenvalue weighted by Gasteiger charge is 2.31. The van der Waals surface area contributed by atoms with Crippen LogP contribution in [0.1, 0.15) is 35.2 Å². The van der Waals surface area contributed by atoms with Crippen LogP contribution in [0.5, 0.6) is 0 Å². The van der Waals surface area contributed by atoms with Crippen LogP contribution in [0.4, 0.5) is 0 Å². The molecular weight excluding hydrogens is 214 g/mol. The molecule has 1 atom stereocenters. The number of aryl methyl sites for hydroxylation is 1. The van der Waals surface area contributed by atoms with E-state index in [4.69, 9.17) is 10.3 Å². The number of fused-ring (bicyclic) bond motifs is 1. The molecule has 2 N–H and O–H groups in total. The van der Waals surface area contributed by atoms with Crippen molar-refractivity contribution in [3.8, 4) is 0 Å². The molecule has 1 aliphatic carbocycles. The number of nitrogens with two attached hydrogens (primary N) is 1. The van der Waals surface area contributed by atoms with Gasteiger partial charge in [-0.1, -0.05) is 29.4 Å². The van der Waals surface area contributed by atoms with E-state index >= 15 is 0 Å². The number of hydrogen-bond acceptors (Lipinski definition) is 4. The fraction of sp³-hybridized carbons (Fsp3) is 0.385. The van der Waals surface area contributed by atoms with E-state index in [1.54, 1.807) is 0 Å². The predicted octanol–water partition coefficient (Wildman–Crippen LogP) is 1.65. The van der Waals surface area contributed by atoms with Crippen LogP contribution in [-0.4, -0.2) is 16.7 Å². The number of rotatable bonds is 4. The van der Waals surface area contributed by atoms with Crippen LogP contribution < -0.4 is 5.73 Å². The van der Waals surface area contributed by atoms with Gasteiger partial charge in [0.05, 0.1) is 5.92 Å². The highest BCUT2D eigenvalue weighted by Crippen LogP contribution is 2.38. The molecule has 1 aliphatic rings. The van der Waals surface area contributed by atoms with Gasteiger partial charge in [-0.2, -0.15) is 4.98 Å². The lowest BCUT2D eigenvalue weighted by molar-refractivity contribution is 0.352. The van der Waals surface area contributed by atoms with Gasteiger partial charge in [-0.3, -0.25) is 0 Å². The van der Waals surface area contributed by atoms with Gasteiger partial charge in [0, 0.05) is 6.42 Å². The van der Waals surface area contributed by atoms with E-state index in [1.807, 2.05) is 0 Å². The Labute approximate surface area is 99.8 Å². The fourth-order valence-electron chi connectivity index (χ4n) is 2.25. The van der Waals surface area contributed by atoms with Gasteiger partial charge in [0.15, 0.2) is 5.82 Å². The van der Waals surface area contributed by atoms with Gasteiger partial charge in [-0.15, -0.1) is 0 Å². The molecule has 0 aliphatic heterocycles. The van der Waals surface area contributed by atoms with Crippen LogP contribution >= 0.6 is 0 Å². The molecule has 0 bridgehead atoms. The number of hydrogen-bond donors (Lipinski definition) is 1. The maximum absolute atomic E-state index is 5.46. The third kappa shape index (κ3) is 1.85. The Bertz CT molecular complexity index is 521. The highest BCUT2D eigenvalue weighted by molar-refractivity contribution is 5.43. The summed E-state index contributed by atoms with van der Waals surface area (Å²) in [6.07, 6.45) is 2.71. The zero-order chi connectivity index (χ0) is 11.7. The average molecular weight is 229 g/mol. The molecule has 1 aromatic heterocycles. The standard InChI is InChI=1S/C13H15N3O/c14-7-3-6-12-15-13(17-16-12)11-8-9-4-1-2-5-10(9)11/h1-2,4-5,11H,3,6-8,14H2. The second-order valence-corrected chi connectivity index (χ2v) is 4.40. The number of nitrogens with zero attached hydrogens (tertiary/aromatic N) is 2. The molecule has 4 nitrogen and oxygen atoms in total. The minimum Gasteiger partial charge on any atom is -0.339 e. The zero-order valence-electron chi connectivity index (χ0n) is 9.60. The molecule has 0 spiro atoms. The van der Waals surface area contributed by atoms with Gasteiger partial charge in [-0.25, -0.2) is 0 Å². The van der Waals surface area contributed by atoms with Gasteiger partial charge in [0.2, 0.25) is 5.89 Å². The largest absolute Gasteiger partial charge is 0.339 e. The van der Waals surface area contributed by atoms with E-state index in [0.29, 0.717) is 12.5 Å². The van der Waals surface area contributed by atoms with Gasteiger partial charge in [-0.05, 0) is 30.5 Å². The van der Waals surface area contributed by atoms with Crippen molar-refractivity contribution in [1.82, 2.24) is 10.1 Å². The van der Waals surface area contributed by atoms with Crippen molar-refractivity contribution in [2.45, 2.75) is 25.2 Å². The highest BCUT2D eigenvalue weighted by atomic mass is 16.5. The Morgan fingerprint density at radius 1 is 1.35 bits per heavy atom. The SMILES string of the molecule is NCCCc1noc(C2Cc3ccccc32)n1. The van der Waals surface area contributed by atoms with E-state index in [9.17, 15) is 0 Å². The average Bonchev–Trinajstić information content (AvgIpc) is 2.76. The zero-order valence-corrected chi connectivity index (χ0v) is 9.60. The van der Waals surface area contributed by atoms with Crippen LogP contribution in [-0.2, 0) is 12.8 Å². The van der Waals surface area contributed by atoms with Crippen molar-refractivity contribution in [2.24, 2.45) is 5.73 Å². The maximum Gasteiger partial charge on any atom is 0.234 e. The third-order valence-electron chi connectivity index (χ3n) is 3.24. The summed E-state index contributed by atoms with van der Waals surface area (Å²) in [5.41, 5.74) is 8.17. The molecule has 0 amide bonds. The molecule has 3 rings (SSSR count). The van der Waals surface area contributed by atoms with E-state index in [-0.39, 0.29) is 0 Å². The number of benzene rings is 1. The van der Waals surface area contributed by atoms with E-state index in [1.165, 1.54) is 11.1 Å². The van der Waals surface area contributed by atoms with Crippen molar-refractivity contribution >= 4 is 0 Å². The van der Waals surface area contributed by atoms with Gasteiger partial charge < -0.3 is 10.3 Å². The van der Waals surface area contributed by atoms with Crippen LogP contribution in [0.25, 0.3) is 0 Å². The van der Waals surface area contributed by atoms with Crippen LogP contribution in [0, 0.1) is 0 Å². The van der Waals surface area contributed by atoms with Crippen molar-refractivity contribution in [2.75, 3.05) is 6.54 Å². The smallest absolute Gasteiger partial charge is 0.234 e. The van der Waals surface area contributed by atoms with Crippen molar-refractivity contribution in [3.63, 3.8) is 0 Å². The van der Waals surface area contributed by atoms with Gasteiger partial charge >= 0.3 is 0 Å². The molecule has 0 radical (unpaired) electrons. The molecule has 88 valence electrons. The second kappa shape index (κ2) is 4.30. The van der Waals surface area contributed by atoms with E-state index < -0.39 is 0 Å². The third-order valence-corrected chi connectivity index (χ3v) is 3.24. The molecular formula is C13H15N3O. The number of aromatic nitrogens is 2. The van der Waals surface area contributed by atoms with Crippen LogP contribution in [0.15, 0.2) is 28.8 Å². The van der Waals surface area contributed by atoms with Gasteiger partial charge in [0.25, 0.3) is 0 Å². The van der Waals surface area contributed by atoms with Crippen molar-refractivity contribution in [3.05, 3.63) is 47.1 Å². The molecule has 0 fully saturated rings. The molecule has 1 aromatic carbocycles. The summed E-state index contributed by atoms with van der Waals surface area (Å²) < 4.78 is 5.32. The van der Waals surface area contributed by atoms with Crippen molar-refractivity contribution < 1.29 is 4.52 Å². The molecule has 1 heterocycles. The van der Waals surface area contributed by atoms with Crippen molar-refractivity contribution in [1.29, 1.82) is 0 Å². The predicted molar refractivity (Wildman–Crippen MR) is 63.7 cm³/mol. The summed E-state index contributed by atoms with van der Waals surface area (Å²) in [6.45, 7) is 0.663. The minimum absolute atomic E-state index is 0.297. The molecule has 0 saturated heterocycles. The fourth-order valence-corrected chi connectivity index (χ4v) is 2.25. The quantitative estimate of drug-likeness (QED) is 0.865. The topological polar surface area (TPSA) is 64.9 Å².